The largest absolute Gasteiger partial charge is 0.493 e. The van der Waals surface area contributed by atoms with Crippen LogP contribution >= 0.6 is 0 Å². The molecule has 1 atom stereocenters. The van der Waals surface area contributed by atoms with E-state index >= 15 is 0 Å². The quantitative estimate of drug-likeness (QED) is 0.581. The molecule has 0 amide bonds. The molecule has 1 fully saturated rings. The molecule has 0 spiro atoms. The smallest absolute Gasteiger partial charge is 0.241 e. The van der Waals surface area contributed by atoms with Gasteiger partial charge in [0.25, 0.3) is 0 Å². The summed E-state index contributed by atoms with van der Waals surface area (Å²) in [6.45, 7) is 2.65. The van der Waals surface area contributed by atoms with Crippen molar-refractivity contribution in [2.75, 3.05) is 34.4 Å². The molecule has 1 aromatic heterocycles. The molecule has 2 heterocycles. The monoisotopic (exact) mass is 409 g/mol. The fraction of sp³-hybridized carbons (Fsp3) is 0.391. The van der Waals surface area contributed by atoms with Crippen LogP contribution in [0.15, 0.2) is 47.0 Å². The molecule has 2 aromatic carbocycles. The first-order valence-corrected chi connectivity index (χ1v) is 10.1. The number of hydrogen-bond donors (Lipinski definition) is 0. The average molecular weight is 409 g/mol. The van der Waals surface area contributed by atoms with Crippen LogP contribution in [0.5, 0.6) is 17.2 Å². The molecule has 7 nitrogen and oxygen atoms in total. The van der Waals surface area contributed by atoms with Crippen molar-refractivity contribution in [1.29, 1.82) is 0 Å². The van der Waals surface area contributed by atoms with Gasteiger partial charge in [-0.05, 0) is 43.0 Å². The van der Waals surface area contributed by atoms with Gasteiger partial charge in [-0.2, -0.15) is 4.98 Å². The summed E-state index contributed by atoms with van der Waals surface area (Å²) in [6.07, 6.45) is 2.36. The standard InChI is InChI=1S/C23H27N3O4/c1-27-19-12-11-18(21(28-2)22(19)29-3)23-24-20(30-25-23)15-26-13-7-10-17(14-26)16-8-5-4-6-9-16/h4-6,8-9,11-12,17H,7,10,13-15H2,1-3H3/t17-/m0/s1. The van der Waals surface area contributed by atoms with Crippen molar-refractivity contribution < 1.29 is 18.7 Å². The third kappa shape index (κ3) is 4.11. The number of hydrogen-bond acceptors (Lipinski definition) is 7. The van der Waals surface area contributed by atoms with Crippen molar-refractivity contribution in [3.05, 3.63) is 53.9 Å². The van der Waals surface area contributed by atoms with E-state index in [1.165, 1.54) is 12.0 Å². The van der Waals surface area contributed by atoms with Crippen LogP contribution in [0.4, 0.5) is 0 Å². The van der Waals surface area contributed by atoms with E-state index in [-0.39, 0.29) is 0 Å². The van der Waals surface area contributed by atoms with Crippen LogP contribution in [0, 0.1) is 0 Å². The minimum Gasteiger partial charge on any atom is -0.493 e. The average Bonchev–Trinajstić information content (AvgIpc) is 3.26. The second-order valence-corrected chi connectivity index (χ2v) is 7.38. The van der Waals surface area contributed by atoms with Crippen LogP contribution in [0.1, 0.15) is 30.2 Å². The van der Waals surface area contributed by atoms with Crippen molar-refractivity contribution >= 4 is 0 Å². The van der Waals surface area contributed by atoms with E-state index in [0.717, 1.165) is 19.5 Å². The topological polar surface area (TPSA) is 69.9 Å². The van der Waals surface area contributed by atoms with Crippen LogP contribution in [-0.4, -0.2) is 49.5 Å². The summed E-state index contributed by atoms with van der Waals surface area (Å²) >= 11 is 0. The maximum absolute atomic E-state index is 5.56. The highest BCUT2D eigenvalue weighted by Gasteiger charge is 2.24. The molecule has 0 unspecified atom stereocenters. The Bertz CT molecular complexity index is 974. The zero-order valence-electron chi connectivity index (χ0n) is 17.6. The maximum Gasteiger partial charge on any atom is 0.241 e. The lowest BCUT2D eigenvalue weighted by Crippen LogP contribution is -2.33. The van der Waals surface area contributed by atoms with E-state index in [9.17, 15) is 0 Å². The van der Waals surface area contributed by atoms with Crippen molar-refractivity contribution in [3.8, 4) is 28.6 Å². The lowest BCUT2D eigenvalue weighted by molar-refractivity contribution is 0.177. The third-order valence-electron chi connectivity index (χ3n) is 5.55. The number of piperidine rings is 1. The number of ether oxygens (including phenoxy) is 3. The predicted octanol–water partition coefficient (Wildman–Crippen LogP) is 4.14. The second-order valence-electron chi connectivity index (χ2n) is 7.38. The third-order valence-corrected chi connectivity index (χ3v) is 5.55. The van der Waals surface area contributed by atoms with E-state index < -0.39 is 0 Å². The Morgan fingerprint density at radius 3 is 2.53 bits per heavy atom. The molecular formula is C23H27N3O4. The Kier molecular flexibility index (Phi) is 6.18. The lowest BCUT2D eigenvalue weighted by atomic mass is 9.91. The van der Waals surface area contributed by atoms with Gasteiger partial charge in [-0.3, -0.25) is 4.90 Å². The van der Waals surface area contributed by atoms with E-state index in [1.807, 2.05) is 12.1 Å². The Balaban J connectivity index is 1.51. The summed E-state index contributed by atoms with van der Waals surface area (Å²) in [7, 11) is 4.75. The van der Waals surface area contributed by atoms with Gasteiger partial charge in [0.15, 0.2) is 11.5 Å². The molecule has 158 valence electrons. The summed E-state index contributed by atoms with van der Waals surface area (Å²) in [5.74, 6) is 3.21. The summed E-state index contributed by atoms with van der Waals surface area (Å²) < 4.78 is 21.9. The van der Waals surface area contributed by atoms with Crippen LogP contribution in [0.3, 0.4) is 0 Å². The van der Waals surface area contributed by atoms with Crippen LogP contribution < -0.4 is 14.2 Å². The first-order chi connectivity index (χ1) is 14.7. The molecule has 0 radical (unpaired) electrons. The van der Waals surface area contributed by atoms with E-state index in [2.05, 4.69) is 45.4 Å². The van der Waals surface area contributed by atoms with Crippen molar-refractivity contribution in [1.82, 2.24) is 15.0 Å². The number of methoxy groups -OCH3 is 3. The molecule has 0 saturated carbocycles. The second kappa shape index (κ2) is 9.17. The zero-order valence-corrected chi connectivity index (χ0v) is 17.6. The predicted molar refractivity (Wildman–Crippen MR) is 113 cm³/mol. The summed E-state index contributed by atoms with van der Waals surface area (Å²) in [5.41, 5.74) is 2.09. The highest BCUT2D eigenvalue weighted by molar-refractivity contribution is 5.72. The highest BCUT2D eigenvalue weighted by atomic mass is 16.5. The summed E-state index contributed by atoms with van der Waals surface area (Å²) in [4.78, 5) is 7.00. The first-order valence-electron chi connectivity index (χ1n) is 10.1. The zero-order chi connectivity index (χ0) is 20.9. The van der Waals surface area contributed by atoms with Crippen LogP contribution in [-0.2, 0) is 6.54 Å². The van der Waals surface area contributed by atoms with Crippen LogP contribution in [0.2, 0.25) is 0 Å². The SMILES string of the molecule is COc1ccc(-c2noc(CN3CCC[C@H](c4ccccc4)C3)n2)c(OC)c1OC. The number of nitrogens with zero attached hydrogens (tertiary/aromatic N) is 3. The Morgan fingerprint density at radius 1 is 1.00 bits per heavy atom. The van der Waals surface area contributed by atoms with E-state index in [1.54, 1.807) is 21.3 Å². The van der Waals surface area contributed by atoms with Gasteiger partial charge in [0.2, 0.25) is 17.5 Å². The normalized spacial score (nSPS) is 17.0. The summed E-state index contributed by atoms with van der Waals surface area (Å²) in [6, 6.07) is 14.4. The molecule has 1 aliphatic heterocycles. The lowest BCUT2D eigenvalue weighted by Gasteiger charge is -2.31. The molecule has 0 aliphatic carbocycles. The molecule has 1 saturated heterocycles. The Morgan fingerprint density at radius 2 is 1.80 bits per heavy atom. The molecule has 0 bridgehead atoms. The minimum atomic E-state index is 0.472. The number of aromatic nitrogens is 2. The molecule has 1 aliphatic rings. The van der Waals surface area contributed by atoms with Crippen molar-refractivity contribution in [2.45, 2.75) is 25.3 Å². The van der Waals surface area contributed by atoms with Crippen molar-refractivity contribution in [3.63, 3.8) is 0 Å². The van der Waals surface area contributed by atoms with E-state index in [0.29, 0.717) is 47.0 Å². The number of benzene rings is 2. The molecule has 30 heavy (non-hydrogen) atoms. The first kappa shape index (κ1) is 20.2. The van der Waals surface area contributed by atoms with Gasteiger partial charge in [-0.1, -0.05) is 35.5 Å². The molecule has 0 N–H and O–H groups in total. The van der Waals surface area contributed by atoms with Gasteiger partial charge >= 0.3 is 0 Å². The minimum absolute atomic E-state index is 0.472. The van der Waals surface area contributed by atoms with Crippen molar-refractivity contribution in [2.24, 2.45) is 0 Å². The number of likely N-dealkylation sites (tertiary alicyclic amines) is 1. The van der Waals surface area contributed by atoms with Gasteiger partial charge in [0.05, 0.1) is 33.4 Å². The fourth-order valence-corrected chi connectivity index (χ4v) is 4.09. The fourth-order valence-electron chi connectivity index (χ4n) is 4.09. The Labute approximate surface area is 176 Å². The molecular weight excluding hydrogens is 382 g/mol. The van der Waals surface area contributed by atoms with Gasteiger partial charge in [-0.15, -0.1) is 0 Å². The van der Waals surface area contributed by atoms with Gasteiger partial charge < -0.3 is 18.7 Å². The Hall–Kier alpha value is -3.06. The number of rotatable bonds is 7. The highest BCUT2D eigenvalue weighted by Crippen LogP contribution is 2.43. The summed E-state index contributed by atoms with van der Waals surface area (Å²) in [5, 5.41) is 4.18. The van der Waals surface area contributed by atoms with Gasteiger partial charge in [0.1, 0.15) is 0 Å². The van der Waals surface area contributed by atoms with Gasteiger partial charge in [-0.25, -0.2) is 0 Å². The molecule has 3 aromatic rings. The van der Waals surface area contributed by atoms with Gasteiger partial charge in [0, 0.05) is 6.54 Å². The molecule has 7 heteroatoms. The van der Waals surface area contributed by atoms with E-state index in [4.69, 9.17) is 18.7 Å². The molecule has 4 rings (SSSR count). The maximum atomic E-state index is 5.56. The van der Waals surface area contributed by atoms with Crippen LogP contribution in [0.25, 0.3) is 11.4 Å².